The van der Waals surface area contributed by atoms with E-state index < -0.39 is 4.92 Å². The number of nitro benzene ring substituents is 1. The molecule has 0 heterocycles. The third-order valence-electron chi connectivity index (χ3n) is 2.83. The van der Waals surface area contributed by atoms with Gasteiger partial charge in [-0.2, -0.15) is 0 Å². The summed E-state index contributed by atoms with van der Waals surface area (Å²) in [5, 5.41) is 10.9. The standard InChI is InChI=1S/C13H18N2O5/c1-4-14(9-13(16)20-3)8-10-5-11(15(17)18)7-12(6-10)19-2/h5-7H,4,8-9H2,1-3H3. The van der Waals surface area contributed by atoms with E-state index in [2.05, 4.69) is 4.74 Å². The Labute approximate surface area is 117 Å². The second kappa shape index (κ2) is 7.44. The summed E-state index contributed by atoms with van der Waals surface area (Å²) < 4.78 is 9.66. The van der Waals surface area contributed by atoms with Crippen LogP contribution in [0.25, 0.3) is 0 Å². The zero-order valence-corrected chi connectivity index (χ0v) is 11.8. The molecule has 0 aliphatic rings. The lowest BCUT2D eigenvalue weighted by Crippen LogP contribution is -2.30. The lowest BCUT2D eigenvalue weighted by molar-refractivity contribution is -0.385. The van der Waals surface area contributed by atoms with Crippen LogP contribution < -0.4 is 4.74 Å². The highest BCUT2D eigenvalue weighted by atomic mass is 16.6. The minimum Gasteiger partial charge on any atom is -0.496 e. The van der Waals surface area contributed by atoms with Gasteiger partial charge in [-0.1, -0.05) is 6.92 Å². The van der Waals surface area contributed by atoms with Crippen LogP contribution in [0.2, 0.25) is 0 Å². The number of methoxy groups -OCH3 is 2. The van der Waals surface area contributed by atoms with Gasteiger partial charge in [-0.3, -0.25) is 19.8 Å². The van der Waals surface area contributed by atoms with Crippen LogP contribution in [0.15, 0.2) is 18.2 Å². The Bertz CT molecular complexity index is 490. The first-order valence-electron chi connectivity index (χ1n) is 6.11. The number of hydrogen-bond acceptors (Lipinski definition) is 6. The highest BCUT2D eigenvalue weighted by molar-refractivity contribution is 5.71. The monoisotopic (exact) mass is 282 g/mol. The highest BCUT2D eigenvalue weighted by Gasteiger charge is 2.14. The molecule has 110 valence electrons. The normalized spacial score (nSPS) is 10.4. The first kappa shape index (κ1) is 15.9. The topological polar surface area (TPSA) is 81.9 Å². The second-order valence-corrected chi connectivity index (χ2v) is 4.18. The van der Waals surface area contributed by atoms with Gasteiger partial charge in [0, 0.05) is 12.6 Å². The first-order chi connectivity index (χ1) is 9.49. The Hall–Kier alpha value is -2.15. The molecule has 0 aromatic heterocycles. The van der Waals surface area contributed by atoms with E-state index >= 15 is 0 Å². The molecule has 0 N–H and O–H groups in total. The lowest BCUT2D eigenvalue weighted by atomic mass is 10.1. The van der Waals surface area contributed by atoms with E-state index in [-0.39, 0.29) is 18.2 Å². The quantitative estimate of drug-likeness (QED) is 0.429. The number of likely N-dealkylation sites (N-methyl/N-ethyl adjacent to an activating group) is 1. The van der Waals surface area contributed by atoms with Gasteiger partial charge < -0.3 is 9.47 Å². The number of benzene rings is 1. The van der Waals surface area contributed by atoms with E-state index in [4.69, 9.17) is 4.74 Å². The van der Waals surface area contributed by atoms with Gasteiger partial charge in [0.1, 0.15) is 5.75 Å². The molecule has 0 spiro atoms. The lowest BCUT2D eigenvalue weighted by Gasteiger charge is -2.19. The maximum atomic E-state index is 11.3. The molecule has 20 heavy (non-hydrogen) atoms. The van der Waals surface area contributed by atoms with Crippen LogP contribution in [0, 0.1) is 10.1 Å². The van der Waals surface area contributed by atoms with E-state index in [0.717, 1.165) is 0 Å². The Kier molecular flexibility index (Phi) is 5.92. The molecule has 0 radical (unpaired) electrons. The molecule has 1 aromatic rings. The van der Waals surface area contributed by atoms with E-state index in [1.165, 1.54) is 26.4 Å². The molecule has 7 nitrogen and oxygen atoms in total. The van der Waals surface area contributed by atoms with Crippen molar-refractivity contribution in [3.63, 3.8) is 0 Å². The SMILES string of the molecule is CCN(CC(=O)OC)Cc1cc(OC)cc([N+](=O)[O-])c1. The van der Waals surface area contributed by atoms with Crippen molar-refractivity contribution in [1.82, 2.24) is 4.90 Å². The number of rotatable bonds is 7. The molecular weight excluding hydrogens is 264 g/mol. The molecule has 1 aromatic carbocycles. The van der Waals surface area contributed by atoms with Gasteiger partial charge in [0.25, 0.3) is 5.69 Å². The van der Waals surface area contributed by atoms with Gasteiger partial charge in [-0.15, -0.1) is 0 Å². The molecule has 0 saturated carbocycles. The Morgan fingerprint density at radius 1 is 1.35 bits per heavy atom. The van der Waals surface area contributed by atoms with Crippen molar-refractivity contribution in [2.75, 3.05) is 27.3 Å². The van der Waals surface area contributed by atoms with Gasteiger partial charge in [-0.05, 0) is 18.2 Å². The fourth-order valence-corrected chi connectivity index (χ4v) is 1.74. The van der Waals surface area contributed by atoms with Crippen molar-refractivity contribution < 1.29 is 19.2 Å². The van der Waals surface area contributed by atoms with Gasteiger partial charge in [0.15, 0.2) is 0 Å². The van der Waals surface area contributed by atoms with Crippen LogP contribution in [0.4, 0.5) is 5.69 Å². The Balaban J connectivity index is 2.91. The number of non-ortho nitro benzene ring substituents is 1. The van der Waals surface area contributed by atoms with Crippen LogP contribution in [0.5, 0.6) is 5.75 Å². The van der Waals surface area contributed by atoms with E-state index in [9.17, 15) is 14.9 Å². The number of carbonyl (C=O) groups excluding carboxylic acids is 1. The molecule has 0 aliphatic heterocycles. The van der Waals surface area contributed by atoms with Crippen LogP contribution >= 0.6 is 0 Å². The predicted molar refractivity (Wildman–Crippen MR) is 72.6 cm³/mol. The molecule has 0 saturated heterocycles. The van der Waals surface area contributed by atoms with E-state index in [1.807, 2.05) is 11.8 Å². The molecule has 1 rings (SSSR count). The smallest absolute Gasteiger partial charge is 0.319 e. The minimum atomic E-state index is -0.470. The van der Waals surface area contributed by atoms with Crippen molar-refractivity contribution >= 4 is 11.7 Å². The van der Waals surface area contributed by atoms with Crippen molar-refractivity contribution in [3.8, 4) is 5.75 Å². The Morgan fingerprint density at radius 3 is 2.55 bits per heavy atom. The number of hydrogen-bond donors (Lipinski definition) is 0. The van der Waals surface area contributed by atoms with Crippen molar-refractivity contribution in [2.45, 2.75) is 13.5 Å². The predicted octanol–water partition coefficient (Wildman–Crippen LogP) is 1.60. The van der Waals surface area contributed by atoms with Crippen molar-refractivity contribution in [2.24, 2.45) is 0 Å². The second-order valence-electron chi connectivity index (χ2n) is 4.18. The fraction of sp³-hybridized carbons (Fsp3) is 0.462. The maximum absolute atomic E-state index is 11.3. The average molecular weight is 282 g/mol. The number of nitrogens with zero attached hydrogens (tertiary/aromatic N) is 2. The van der Waals surface area contributed by atoms with Gasteiger partial charge >= 0.3 is 5.97 Å². The summed E-state index contributed by atoms with van der Waals surface area (Å²) >= 11 is 0. The van der Waals surface area contributed by atoms with E-state index in [0.29, 0.717) is 24.4 Å². The summed E-state index contributed by atoms with van der Waals surface area (Å²) in [6.45, 7) is 3.07. The highest BCUT2D eigenvalue weighted by Crippen LogP contribution is 2.23. The molecule has 0 unspecified atom stereocenters. The van der Waals surface area contributed by atoms with Crippen LogP contribution in [-0.2, 0) is 16.1 Å². The molecule has 0 aliphatic carbocycles. The summed E-state index contributed by atoms with van der Waals surface area (Å²) in [5.74, 6) is 0.0765. The van der Waals surface area contributed by atoms with Gasteiger partial charge in [0.2, 0.25) is 0 Å². The number of nitro groups is 1. The summed E-state index contributed by atoms with van der Waals surface area (Å²) in [6, 6.07) is 4.55. The third kappa shape index (κ3) is 4.51. The molecule has 0 bridgehead atoms. The van der Waals surface area contributed by atoms with E-state index in [1.54, 1.807) is 6.07 Å². The van der Waals surface area contributed by atoms with Crippen LogP contribution in [0.3, 0.4) is 0 Å². The minimum absolute atomic E-state index is 0.0338. The van der Waals surface area contributed by atoms with Crippen LogP contribution in [-0.4, -0.2) is 43.1 Å². The fourth-order valence-electron chi connectivity index (χ4n) is 1.74. The van der Waals surface area contributed by atoms with Crippen LogP contribution in [0.1, 0.15) is 12.5 Å². The van der Waals surface area contributed by atoms with Crippen molar-refractivity contribution in [3.05, 3.63) is 33.9 Å². The molecule has 0 atom stereocenters. The zero-order chi connectivity index (χ0) is 15.1. The number of carbonyl (C=O) groups is 1. The Morgan fingerprint density at radius 2 is 2.05 bits per heavy atom. The number of esters is 1. The molecule has 0 amide bonds. The molecule has 7 heteroatoms. The average Bonchev–Trinajstić information content (AvgIpc) is 2.45. The van der Waals surface area contributed by atoms with Crippen molar-refractivity contribution in [1.29, 1.82) is 0 Å². The molecule has 0 fully saturated rings. The first-order valence-corrected chi connectivity index (χ1v) is 6.11. The molecular formula is C13H18N2O5. The summed E-state index contributed by atoms with van der Waals surface area (Å²) in [4.78, 5) is 23.5. The summed E-state index contributed by atoms with van der Waals surface area (Å²) in [7, 11) is 2.78. The number of ether oxygens (including phenoxy) is 2. The largest absolute Gasteiger partial charge is 0.496 e. The maximum Gasteiger partial charge on any atom is 0.319 e. The summed E-state index contributed by atoms with van der Waals surface area (Å²) in [6.07, 6.45) is 0. The van der Waals surface area contributed by atoms with Gasteiger partial charge in [-0.25, -0.2) is 0 Å². The van der Waals surface area contributed by atoms with Gasteiger partial charge in [0.05, 0.1) is 31.8 Å². The zero-order valence-electron chi connectivity index (χ0n) is 11.8. The summed E-state index contributed by atoms with van der Waals surface area (Å²) in [5.41, 5.74) is 0.676. The third-order valence-corrected chi connectivity index (χ3v) is 2.83.